The van der Waals surface area contributed by atoms with Gasteiger partial charge in [-0.25, -0.2) is 0 Å². The van der Waals surface area contributed by atoms with Crippen molar-refractivity contribution >= 4 is 15.9 Å². The van der Waals surface area contributed by atoms with Crippen molar-refractivity contribution in [3.05, 3.63) is 34.3 Å². The molecule has 0 bridgehead atoms. The van der Waals surface area contributed by atoms with Crippen LogP contribution in [0.3, 0.4) is 0 Å². The molecule has 0 aliphatic rings. The summed E-state index contributed by atoms with van der Waals surface area (Å²) in [7, 11) is 0. The van der Waals surface area contributed by atoms with Gasteiger partial charge in [-0.15, -0.1) is 0 Å². The summed E-state index contributed by atoms with van der Waals surface area (Å²) < 4.78 is 6.66. The molecule has 0 heterocycles. The van der Waals surface area contributed by atoms with Crippen LogP contribution in [-0.2, 0) is 11.3 Å². The first-order valence-electron chi connectivity index (χ1n) is 5.77. The van der Waals surface area contributed by atoms with Crippen LogP contribution >= 0.6 is 15.9 Å². The third-order valence-corrected chi connectivity index (χ3v) is 3.10. The van der Waals surface area contributed by atoms with Crippen molar-refractivity contribution in [2.75, 3.05) is 6.61 Å². The molecule has 0 aliphatic heterocycles. The van der Waals surface area contributed by atoms with Crippen molar-refractivity contribution in [1.29, 1.82) is 5.26 Å². The maximum atomic E-state index is 8.86. The van der Waals surface area contributed by atoms with Gasteiger partial charge in [0.05, 0.1) is 18.1 Å². The van der Waals surface area contributed by atoms with E-state index in [1.807, 2.05) is 38.1 Å². The molecule has 0 fully saturated rings. The Morgan fingerprint density at radius 1 is 1.29 bits per heavy atom. The van der Waals surface area contributed by atoms with Gasteiger partial charge in [0.15, 0.2) is 0 Å². The molecule has 0 amide bonds. The van der Waals surface area contributed by atoms with E-state index in [4.69, 9.17) is 10.00 Å². The molecular formula is C14H18BrNO. The molecule has 17 heavy (non-hydrogen) atoms. The molecule has 1 rings (SSSR count). The maximum absolute atomic E-state index is 8.86. The first kappa shape index (κ1) is 14.2. The summed E-state index contributed by atoms with van der Waals surface area (Å²) in [4.78, 5) is 0. The van der Waals surface area contributed by atoms with E-state index in [1.165, 1.54) is 5.56 Å². The number of benzene rings is 1. The standard InChI is InChI=1S/C14H18BrNO/c1-14(2,11-16)8-3-9-17-10-12-4-6-13(15)7-5-12/h4-7H,3,8-10H2,1-2H3. The fourth-order valence-corrected chi connectivity index (χ4v) is 1.71. The number of rotatable bonds is 6. The minimum atomic E-state index is -0.235. The summed E-state index contributed by atoms with van der Waals surface area (Å²) in [5.74, 6) is 0. The third kappa shape index (κ3) is 5.86. The molecule has 0 saturated carbocycles. The van der Waals surface area contributed by atoms with Crippen LogP contribution in [0.25, 0.3) is 0 Å². The number of hydrogen-bond donors (Lipinski definition) is 0. The molecular weight excluding hydrogens is 278 g/mol. The van der Waals surface area contributed by atoms with Crippen molar-refractivity contribution in [2.24, 2.45) is 5.41 Å². The van der Waals surface area contributed by atoms with Gasteiger partial charge in [-0.05, 0) is 44.4 Å². The summed E-state index contributed by atoms with van der Waals surface area (Å²) in [5.41, 5.74) is 0.939. The second-order valence-corrected chi connectivity index (χ2v) is 5.69. The second kappa shape index (κ2) is 6.78. The largest absolute Gasteiger partial charge is 0.377 e. The monoisotopic (exact) mass is 295 g/mol. The van der Waals surface area contributed by atoms with Crippen molar-refractivity contribution in [1.82, 2.24) is 0 Å². The van der Waals surface area contributed by atoms with Gasteiger partial charge >= 0.3 is 0 Å². The van der Waals surface area contributed by atoms with Gasteiger partial charge < -0.3 is 4.74 Å². The van der Waals surface area contributed by atoms with Gasteiger partial charge in [0.25, 0.3) is 0 Å². The lowest BCUT2D eigenvalue weighted by molar-refractivity contribution is 0.112. The van der Waals surface area contributed by atoms with Crippen LogP contribution in [0.4, 0.5) is 0 Å². The highest BCUT2D eigenvalue weighted by molar-refractivity contribution is 9.10. The van der Waals surface area contributed by atoms with Crippen LogP contribution in [0.1, 0.15) is 32.3 Å². The summed E-state index contributed by atoms with van der Waals surface area (Å²) in [6, 6.07) is 10.4. The predicted molar refractivity (Wildman–Crippen MR) is 72.4 cm³/mol. The first-order valence-corrected chi connectivity index (χ1v) is 6.56. The first-order chi connectivity index (χ1) is 8.03. The van der Waals surface area contributed by atoms with Crippen molar-refractivity contribution in [2.45, 2.75) is 33.3 Å². The Labute approximate surface area is 112 Å². The molecule has 0 saturated heterocycles. The van der Waals surface area contributed by atoms with Gasteiger partial charge in [-0.2, -0.15) is 5.26 Å². The lowest BCUT2D eigenvalue weighted by Gasteiger charge is -2.14. The Kier molecular flexibility index (Phi) is 5.67. The summed E-state index contributed by atoms with van der Waals surface area (Å²) in [6.45, 7) is 5.27. The van der Waals surface area contributed by atoms with Crippen LogP contribution in [-0.4, -0.2) is 6.61 Å². The van der Waals surface area contributed by atoms with E-state index in [9.17, 15) is 0 Å². The van der Waals surface area contributed by atoms with Crippen molar-refractivity contribution in [3.63, 3.8) is 0 Å². The smallest absolute Gasteiger partial charge is 0.0716 e. The summed E-state index contributed by atoms with van der Waals surface area (Å²) in [6.07, 6.45) is 1.81. The molecule has 0 unspecified atom stereocenters. The lowest BCUT2D eigenvalue weighted by Crippen LogP contribution is -2.09. The number of ether oxygens (including phenoxy) is 1. The van der Waals surface area contributed by atoms with E-state index in [1.54, 1.807) is 0 Å². The second-order valence-electron chi connectivity index (χ2n) is 4.78. The topological polar surface area (TPSA) is 33.0 Å². The van der Waals surface area contributed by atoms with Gasteiger partial charge in [0, 0.05) is 11.1 Å². The minimum Gasteiger partial charge on any atom is -0.377 e. The van der Waals surface area contributed by atoms with Crippen LogP contribution in [0.2, 0.25) is 0 Å². The number of nitrogens with zero attached hydrogens (tertiary/aromatic N) is 1. The molecule has 2 nitrogen and oxygen atoms in total. The normalized spacial score (nSPS) is 11.2. The molecule has 0 atom stereocenters. The highest BCUT2D eigenvalue weighted by Crippen LogP contribution is 2.20. The van der Waals surface area contributed by atoms with Crippen LogP contribution in [0.15, 0.2) is 28.7 Å². The van der Waals surface area contributed by atoms with Crippen LogP contribution in [0, 0.1) is 16.7 Å². The molecule has 0 aliphatic carbocycles. The molecule has 3 heteroatoms. The van der Waals surface area contributed by atoms with Gasteiger partial charge in [0.1, 0.15) is 0 Å². The highest BCUT2D eigenvalue weighted by atomic mass is 79.9. The van der Waals surface area contributed by atoms with Crippen molar-refractivity contribution in [3.8, 4) is 6.07 Å². The number of nitriles is 1. The Bertz CT molecular complexity index is 378. The van der Waals surface area contributed by atoms with Gasteiger partial charge in [-0.1, -0.05) is 28.1 Å². The molecule has 1 aromatic rings. The van der Waals surface area contributed by atoms with E-state index in [0.29, 0.717) is 13.2 Å². The van der Waals surface area contributed by atoms with E-state index < -0.39 is 0 Å². The highest BCUT2D eigenvalue weighted by Gasteiger charge is 2.15. The van der Waals surface area contributed by atoms with E-state index in [-0.39, 0.29) is 5.41 Å². The Balaban J connectivity index is 2.17. The molecule has 0 aromatic heterocycles. The lowest BCUT2D eigenvalue weighted by atomic mass is 9.90. The summed E-state index contributed by atoms with van der Waals surface area (Å²) >= 11 is 3.40. The minimum absolute atomic E-state index is 0.235. The molecule has 92 valence electrons. The Morgan fingerprint density at radius 3 is 2.53 bits per heavy atom. The maximum Gasteiger partial charge on any atom is 0.0716 e. The van der Waals surface area contributed by atoms with Crippen molar-refractivity contribution < 1.29 is 4.74 Å². The van der Waals surface area contributed by atoms with E-state index in [0.717, 1.165) is 17.3 Å². The Morgan fingerprint density at radius 2 is 1.94 bits per heavy atom. The fraction of sp³-hybridized carbons (Fsp3) is 0.500. The molecule has 0 radical (unpaired) electrons. The fourth-order valence-electron chi connectivity index (χ4n) is 1.44. The molecule has 0 spiro atoms. The average Bonchev–Trinajstić information content (AvgIpc) is 2.31. The average molecular weight is 296 g/mol. The zero-order valence-corrected chi connectivity index (χ0v) is 12.0. The summed E-state index contributed by atoms with van der Waals surface area (Å²) in [5, 5.41) is 8.86. The van der Waals surface area contributed by atoms with E-state index in [2.05, 4.69) is 22.0 Å². The van der Waals surface area contributed by atoms with E-state index >= 15 is 0 Å². The number of hydrogen-bond acceptors (Lipinski definition) is 2. The zero-order chi connectivity index (χ0) is 12.7. The third-order valence-electron chi connectivity index (χ3n) is 2.58. The van der Waals surface area contributed by atoms with Gasteiger partial charge in [0.2, 0.25) is 0 Å². The zero-order valence-electron chi connectivity index (χ0n) is 10.4. The van der Waals surface area contributed by atoms with Crippen LogP contribution in [0.5, 0.6) is 0 Å². The Hall–Kier alpha value is -0.850. The number of halogens is 1. The quantitative estimate of drug-likeness (QED) is 0.733. The van der Waals surface area contributed by atoms with Crippen LogP contribution < -0.4 is 0 Å². The van der Waals surface area contributed by atoms with Gasteiger partial charge in [-0.3, -0.25) is 0 Å². The molecule has 0 N–H and O–H groups in total. The predicted octanol–water partition coefficient (Wildman–Crippen LogP) is 4.30. The molecule has 1 aromatic carbocycles. The SMILES string of the molecule is CC(C)(C#N)CCCOCc1ccc(Br)cc1.